The van der Waals surface area contributed by atoms with E-state index in [0.717, 1.165) is 17.0 Å². The highest BCUT2D eigenvalue weighted by Gasteiger charge is 2.38. The van der Waals surface area contributed by atoms with Gasteiger partial charge in [0.05, 0.1) is 23.8 Å². The van der Waals surface area contributed by atoms with Crippen molar-refractivity contribution in [2.75, 3.05) is 25.2 Å². The van der Waals surface area contributed by atoms with Crippen molar-refractivity contribution < 1.29 is 27.5 Å². The second kappa shape index (κ2) is 9.88. The molecule has 1 atom stereocenters. The smallest absolute Gasteiger partial charge is 0.383 e. The molecule has 0 aromatic heterocycles. The summed E-state index contributed by atoms with van der Waals surface area (Å²) in [6, 6.07) is 13.0. The Hall–Kier alpha value is -3.64. The SMILES string of the molecule is COCCNC(=O)C1=C(C)N(c2cccc(C(F)(F)F)c2)C(=O)CC1c1ccc(C#N)cc1. The number of nitrogens with zero attached hydrogens (tertiary/aromatic N) is 2. The van der Waals surface area contributed by atoms with E-state index in [2.05, 4.69) is 5.32 Å². The molecule has 0 spiro atoms. The van der Waals surface area contributed by atoms with Crippen LogP contribution in [0, 0.1) is 11.3 Å². The maximum Gasteiger partial charge on any atom is 0.416 e. The van der Waals surface area contributed by atoms with Crippen molar-refractivity contribution in [3.8, 4) is 6.07 Å². The van der Waals surface area contributed by atoms with Crippen LogP contribution in [-0.4, -0.2) is 32.1 Å². The van der Waals surface area contributed by atoms with Crippen LogP contribution in [0.25, 0.3) is 0 Å². The highest BCUT2D eigenvalue weighted by molar-refractivity contribution is 6.06. The Morgan fingerprint density at radius 3 is 2.55 bits per heavy atom. The molecule has 2 aromatic carbocycles. The fourth-order valence-corrected chi connectivity index (χ4v) is 3.85. The Morgan fingerprint density at radius 2 is 1.94 bits per heavy atom. The number of nitrogens with one attached hydrogen (secondary N) is 1. The van der Waals surface area contributed by atoms with Crippen LogP contribution in [0.3, 0.4) is 0 Å². The summed E-state index contributed by atoms with van der Waals surface area (Å²) in [5.74, 6) is -1.49. The van der Waals surface area contributed by atoms with Crippen molar-refractivity contribution in [2.45, 2.75) is 25.4 Å². The zero-order chi connectivity index (χ0) is 24.2. The first-order valence-electron chi connectivity index (χ1n) is 10.2. The topological polar surface area (TPSA) is 82.4 Å². The van der Waals surface area contributed by atoms with Crippen LogP contribution in [0.5, 0.6) is 0 Å². The number of rotatable bonds is 6. The predicted molar refractivity (Wildman–Crippen MR) is 115 cm³/mol. The molecule has 1 aliphatic rings. The average Bonchev–Trinajstić information content (AvgIpc) is 2.78. The fraction of sp³-hybridized carbons (Fsp3) is 0.292. The van der Waals surface area contributed by atoms with E-state index in [0.29, 0.717) is 11.1 Å². The molecule has 9 heteroatoms. The standard InChI is InChI=1S/C24H22F3N3O3/c1-15-22(23(32)29-10-11-33-2)20(17-8-6-16(14-28)7-9-17)13-21(31)30(15)19-5-3-4-18(12-19)24(25,26)27/h3-9,12,20H,10-11,13H2,1-2H3,(H,29,32). The minimum absolute atomic E-state index is 0.0350. The molecule has 1 unspecified atom stereocenters. The van der Waals surface area contributed by atoms with E-state index in [4.69, 9.17) is 10.00 Å². The normalized spacial score (nSPS) is 16.5. The van der Waals surface area contributed by atoms with Crippen molar-refractivity contribution in [1.82, 2.24) is 5.32 Å². The number of anilines is 1. The van der Waals surface area contributed by atoms with Crippen LogP contribution in [0.15, 0.2) is 59.8 Å². The number of ether oxygens (including phenoxy) is 1. The van der Waals surface area contributed by atoms with Crippen molar-refractivity contribution in [1.29, 1.82) is 5.26 Å². The molecule has 1 aliphatic heterocycles. The van der Waals surface area contributed by atoms with Gasteiger partial charge in [0.15, 0.2) is 0 Å². The first-order chi connectivity index (χ1) is 15.7. The Morgan fingerprint density at radius 1 is 1.24 bits per heavy atom. The largest absolute Gasteiger partial charge is 0.416 e. The lowest BCUT2D eigenvalue weighted by Gasteiger charge is -2.35. The first-order valence-corrected chi connectivity index (χ1v) is 10.2. The quantitative estimate of drug-likeness (QED) is 0.662. The molecule has 33 heavy (non-hydrogen) atoms. The van der Waals surface area contributed by atoms with Gasteiger partial charge in [0, 0.05) is 43.0 Å². The molecule has 0 fully saturated rings. The molecule has 0 bridgehead atoms. The molecule has 1 N–H and O–H groups in total. The van der Waals surface area contributed by atoms with Crippen molar-refractivity contribution in [3.63, 3.8) is 0 Å². The molecule has 0 radical (unpaired) electrons. The number of hydrogen-bond donors (Lipinski definition) is 1. The molecule has 2 amide bonds. The minimum atomic E-state index is -4.57. The molecular weight excluding hydrogens is 435 g/mol. The minimum Gasteiger partial charge on any atom is -0.383 e. The van der Waals surface area contributed by atoms with Gasteiger partial charge in [-0.3, -0.25) is 14.5 Å². The maximum atomic E-state index is 13.2. The van der Waals surface area contributed by atoms with Gasteiger partial charge in [-0.05, 0) is 42.8 Å². The van der Waals surface area contributed by atoms with Crippen LogP contribution >= 0.6 is 0 Å². The van der Waals surface area contributed by atoms with Crippen LogP contribution in [0.4, 0.5) is 18.9 Å². The molecule has 2 aromatic rings. The number of carbonyl (C=O) groups excluding carboxylic acids is 2. The van der Waals surface area contributed by atoms with Gasteiger partial charge in [-0.1, -0.05) is 18.2 Å². The molecule has 172 valence electrons. The monoisotopic (exact) mass is 457 g/mol. The van der Waals surface area contributed by atoms with Gasteiger partial charge in [0.2, 0.25) is 11.8 Å². The van der Waals surface area contributed by atoms with Gasteiger partial charge in [-0.25, -0.2) is 0 Å². The first kappa shape index (κ1) is 24.0. The fourth-order valence-electron chi connectivity index (χ4n) is 3.85. The second-order valence-electron chi connectivity index (χ2n) is 7.52. The number of carbonyl (C=O) groups is 2. The number of alkyl halides is 3. The number of methoxy groups -OCH3 is 1. The van der Waals surface area contributed by atoms with Crippen LogP contribution in [0.1, 0.15) is 36.0 Å². The number of allylic oxidation sites excluding steroid dienone is 1. The Labute approximate surface area is 189 Å². The van der Waals surface area contributed by atoms with Gasteiger partial charge in [0.1, 0.15) is 0 Å². The van der Waals surface area contributed by atoms with Crippen molar-refractivity contribution in [3.05, 3.63) is 76.5 Å². The van der Waals surface area contributed by atoms with E-state index in [1.165, 1.54) is 19.2 Å². The lowest BCUT2D eigenvalue weighted by atomic mass is 9.82. The van der Waals surface area contributed by atoms with Crippen LogP contribution in [0.2, 0.25) is 0 Å². The van der Waals surface area contributed by atoms with Crippen molar-refractivity contribution in [2.24, 2.45) is 0 Å². The van der Waals surface area contributed by atoms with Crippen LogP contribution < -0.4 is 10.2 Å². The summed E-state index contributed by atoms with van der Waals surface area (Å²) < 4.78 is 44.7. The molecule has 0 saturated heterocycles. The maximum absolute atomic E-state index is 13.2. The average molecular weight is 457 g/mol. The summed E-state index contributed by atoms with van der Waals surface area (Å²) in [6.07, 6.45) is -4.69. The summed E-state index contributed by atoms with van der Waals surface area (Å²) in [4.78, 5) is 27.4. The highest BCUT2D eigenvalue weighted by atomic mass is 19.4. The third kappa shape index (κ3) is 5.23. The summed E-state index contributed by atoms with van der Waals surface area (Å²) in [7, 11) is 1.49. The Bertz CT molecular complexity index is 1120. The number of amides is 2. The molecule has 3 rings (SSSR count). The summed E-state index contributed by atoms with van der Waals surface area (Å²) in [6.45, 7) is 2.04. The molecule has 1 heterocycles. The zero-order valence-corrected chi connectivity index (χ0v) is 18.1. The third-order valence-electron chi connectivity index (χ3n) is 5.41. The lowest BCUT2D eigenvalue weighted by Crippen LogP contribution is -2.41. The summed E-state index contributed by atoms with van der Waals surface area (Å²) in [5, 5.41) is 11.8. The van der Waals surface area contributed by atoms with Crippen molar-refractivity contribution >= 4 is 17.5 Å². The predicted octanol–water partition coefficient (Wildman–Crippen LogP) is 4.13. The van der Waals surface area contributed by atoms with E-state index < -0.39 is 29.5 Å². The van der Waals surface area contributed by atoms with E-state index in [1.54, 1.807) is 31.2 Å². The number of halogens is 3. The van der Waals surface area contributed by atoms with E-state index in [-0.39, 0.29) is 36.5 Å². The van der Waals surface area contributed by atoms with E-state index in [1.807, 2.05) is 6.07 Å². The van der Waals surface area contributed by atoms with Crippen LogP contribution in [-0.2, 0) is 20.5 Å². The lowest BCUT2D eigenvalue weighted by molar-refractivity contribution is -0.137. The van der Waals surface area contributed by atoms with Gasteiger partial charge < -0.3 is 10.1 Å². The van der Waals surface area contributed by atoms with Gasteiger partial charge in [-0.15, -0.1) is 0 Å². The van der Waals surface area contributed by atoms with Gasteiger partial charge in [-0.2, -0.15) is 18.4 Å². The molecular formula is C24H22F3N3O3. The summed E-state index contributed by atoms with van der Waals surface area (Å²) in [5.41, 5.74) is 0.747. The third-order valence-corrected chi connectivity index (χ3v) is 5.41. The number of benzene rings is 2. The molecule has 6 nitrogen and oxygen atoms in total. The van der Waals surface area contributed by atoms with E-state index >= 15 is 0 Å². The number of nitriles is 1. The second-order valence-corrected chi connectivity index (χ2v) is 7.52. The Kier molecular flexibility index (Phi) is 7.19. The zero-order valence-electron chi connectivity index (χ0n) is 18.1. The molecule has 0 saturated carbocycles. The van der Waals surface area contributed by atoms with Gasteiger partial charge >= 0.3 is 6.18 Å². The van der Waals surface area contributed by atoms with E-state index in [9.17, 15) is 22.8 Å². The Balaban J connectivity index is 2.09. The van der Waals surface area contributed by atoms with Gasteiger partial charge in [0.25, 0.3) is 0 Å². The molecule has 0 aliphatic carbocycles. The summed E-state index contributed by atoms with van der Waals surface area (Å²) >= 11 is 0. The highest BCUT2D eigenvalue weighted by Crippen LogP contribution is 2.40. The number of hydrogen-bond acceptors (Lipinski definition) is 4.